The Labute approximate surface area is 178 Å². The number of aliphatic imine (C=N–C) groups is 2. The Morgan fingerprint density at radius 2 is 1.90 bits per heavy atom. The van der Waals surface area contributed by atoms with Gasteiger partial charge in [0.15, 0.2) is 0 Å². The van der Waals surface area contributed by atoms with E-state index in [4.69, 9.17) is 21.2 Å². The molecule has 1 saturated carbocycles. The van der Waals surface area contributed by atoms with Crippen molar-refractivity contribution in [1.82, 2.24) is 0 Å². The summed E-state index contributed by atoms with van der Waals surface area (Å²) < 4.78 is 6.14. The molecule has 8 nitrogen and oxygen atoms in total. The fourth-order valence-corrected chi connectivity index (χ4v) is 4.72. The number of nitrogens with zero attached hydrogens (tertiary/aromatic N) is 4. The molecule has 2 heterocycles. The number of anilines is 2. The van der Waals surface area contributed by atoms with Crippen molar-refractivity contribution < 1.29 is 9.53 Å². The second kappa shape index (κ2) is 7.49. The summed E-state index contributed by atoms with van der Waals surface area (Å²) in [6, 6.07) is 5.89. The lowest BCUT2D eigenvalue weighted by Gasteiger charge is -2.45. The smallest absolute Gasteiger partial charge is 0.236 e. The SMILES string of the molecule is CCCN1C(=O)C(C)(C)COc2cc(N3C(N)=NC(N)=NC34CCCCC4)ccc21. The van der Waals surface area contributed by atoms with Gasteiger partial charge in [0.25, 0.3) is 0 Å². The molecule has 30 heavy (non-hydrogen) atoms. The second-order valence-corrected chi connectivity index (χ2v) is 9.10. The van der Waals surface area contributed by atoms with Gasteiger partial charge < -0.3 is 21.1 Å². The monoisotopic (exact) mass is 412 g/mol. The van der Waals surface area contributed by atoms with Gasteiger partial charge in [-0.2, -0.15) is 4.99 Å². The summed E-state index contributed by atoms with van der Waals surface area (Å²) in [5.41, 5.74) is 12.9. The third kappa shape index (κ3) is 3.38. The maximum Gasteiger partial charge on any atom is 0.236 e. The molecule has 1 aromatic rings. The molecule has 4 N–H and O–H groups in total. The normalized spacial score (nSPS) is 22.7. The Hall–Kier alpha value is -2.77. The van der Waals surface area contributed by atoms with Crippen molar-refractivity contribution in [3.05, 3.63) is 18.2 Å². The van der Waals surface area contributed by atoms with Crippen molar-refractivity contribution in [3.8, 4) is 5.75 Å². The summed E-state index contributed by atoms with van der Waals surface area (Å²) in [7, 11) is 0. The number of hydrogen-bond donors (Lipinski definition) is 2. The Bertz CT molecular complexity index is 901. The van der Waals surface area contributed by atoms with Crippen LogP contribution in [0.2, 0.25) is 0 Å². The molecule has 162 valence electrons. The number of ether oxygens (including phenoxy) is 1. The van der Waals surface area contributed by atoms with Crippen LogP contribution in [0.5, 0.6) is 5.75 Å². The van der Waals surface area contributed by atoms with Crippen LogP contribution >= 0.6 is 0 Å². The van der Waals surface area contributed by atoms with Gasteiger partial charge >= 0.3 is 0 Å². The number of carbonyl (C=O) groups is 1. The molecular weight excluding hydrogens is 380 g/mol. The van der Waals surface area contributed by atoms with Gasteiger partial charge in [0.05, 0.1) is 16.8 Å². The highest BCUT2D eigenvalue weighted by molar-refractivity contribution is 6.06. The largest absolute Gasteiger partial charge is 0.490 e. The number of fused-ring (bicyclic) bond motifs is 1. The molecule has 1 aromatic carbocycles. The van der Waals surface area contributed by atoms with Gasteiger partial charge in [0, 0.05) is 12.6 Å². The maximum atomic E-state index is 13.1. The molecule has 1 amide bonds. The van der Waals surface area contributed by atoms with Crippen molar-refractivity contribution in [2.24, 2.45) is 26.9 Å². The van der Waals surface area contributed by atoms with Crippen LogP contribution < -0.4 is 26.0 Å². The predicted molar refractivity (Wildman–Crippen MR) is 120 cm³/mol. The first-order valence-corrected chi connectivity index (χ1v) is 10.9. The molecule has 0 radical (unpaired) electrons. The van der Waals surface area contributed by atoms with Crippen LogP contribution in [0, 0.1) is 5.41 Å². The lowest BCUT2D eigenvalue weighted by molar-refractivity contribution is -0.127. The highest BCUT2D eigenvalue weighted by Gasteiger charge is 2.43. The van der Waals surface area contributed by atoms with Crippen LogP contribution in [0.1, 0.15) is 59.3 Å². The van der Waals surface area contributed by atoms with E-state index in [1.807, 2.05) is 41.8 Å². The van der Waals surface area contributed by atoms with Gasteiger partial charge in [-0.3, -0.25) is 9.69 Å². The molecule has 1 spiro atoms. The molecule has 1 fully saturated rings. The maximum absolute atomic E-state index is 13.1. The number of rotatable bonds is 3. The fourth-order valence-electron chi connectivity index (χ4n) is 4.72. The summed E-state index contributed by atoms with van der Waals surface area (Å²) in [5, 5.41) is 0. The minimum Gasteiger partial charge on any atom is -0.490 e. The van der Waals surface area contributed by atoms with E-state index in [0.717, 1.165) is 43.5 Å². The average molecular weight is 413 g/mol. The molecule has 4 rings (SSSR count). The van der Waals surface area contributed by atoms with Gasteiger partial charge in [-0.05, 0) is 58.1 Å². The molecular formula is C22H32N6O2. The third-order valence-corrected chi connectivity index (χ3v) is 6.20. The highest BCUT2D eigenvalue weighted by Crippen LogP contribution is 2.43. The first-order valence-electron chi connectivity index (χ1n) is 10.9. The number of carbonyl (C=O) groups excluding carboxylic acids is 1. The van der Waals surface area contributed by atoms with E-state index in [1.54, 1.807) is 0 Å². The van der Waals surface area contributed by atoms with Gasteiger partial charge in [0.2, 0.25) is 17.8 Å². The molecule has 8 heteroatoms. The molecule has 0 saturated heterocycles. The Kier molecular flexibility index (Phi) is 5.11. The van der Waals surface area contributed by atoms with Crippen molar-refractivity contribution in [2.45, 2.75) is 65.0 Å². The average Bonchev–Trinajstić information content (AvgIpc) is 2.78. The summed E-state index contributed by atoms with van der Waals surface area (Å²) >= 11 is 0. The number of amides is 1. The topological polar surface area (TPSA) is 110 Å². The van der Waals surface area contributed by atoms with E-state index >= 15 is 0 Å². The fraction of sp³-hybridized carbons (Fsp3) is 0.591. The number of hydrogen-bond acceptors (Lipinski definition) is 7. The van der Waals surface area contributed by atoms with Gasteiger partial charge in [-0.1, -0.05) is 13.3 Å². The standard InChI is InChI=1S/C22H32N6O2/c1-4-12-27-16-9-8-15(13-17(16)30-14-21(2,3)18(27)29)28-20(24)25-19(23)26-22(28)10-6-5-7-11-22/h8-9,13H,4-7,10-12,14H2,1-3H3,(H4,23,24,25,26). The van der Waals surface area contributed by atoms with Gasteiger partial charge in [-0.25, -0.2) is 4.99 Å². The van der Waals surface area contributed by atoms with Crippen LogP contribution in [0.4, 0.5) is 11.4 Å². The molecule has 0 unspecified atom stereocenters. The van der Waals surface area contributed by atoms with Crippen molar-refractivity contribution in [2.75, 3.05) is 23.0 Å². The molecule has 0 bridgehead atoms. The zero-order valence-electron chi connectivity index (χ0n) is 18.1. The van der Waals surface area contributed by atoms with Gasteiger partial charge in [0.1, 0.15) is 18.0 Å². The summed E-state index contributed by atoms with van der Waals surface area (Å²) in [6.07, 6.45) is 5.92. The van der Waals surface area contributed by atoms with Crippen LogP contribution in [-0.4, -0.2) is 36.6 Å². The van der Waals surface area contributed by atoms with Crippen LogP contribution in [-0.2, 0) is 4.79 Å². The van der Waals surface area contributed by atoms with E-state index < -0.39 is 11.1 Å². The van der Waals surface area contributed by atoms with E-state index in [9.17, 15) is 4.79 Å². The number of guanidine groups is 2. The Morgan fingerprint density at radius 3 is 2.60 bits per heavy atom. The predicted octanol–water partition coefficient (Wildman–Crippen LogP) is 2.96. The van der Waals surface area contributed by atoms with Crippen molar-refractivity contribution in [1.29, 1.82) is 0 Å². The van der Waals surface area contributed by atoms with Crippen LogP contribution in [0.3, 0.4) is 0 Å². The molecule has 0 atom stereocenters. The van der Waals surface area contributed by atoms with E-state index in [0.29, 0.717) is 24.9 Å². The molecule has 3 aliphatic rings. The van der Waals surface area contributed by atoms with Crippen molar-refractivity contribution >= 4 is 29.2 Å². The van der Waals surface area contributed by atoms with E-state index in [-0.39, 0.29) is 11.9 Å². The van der Waals surface area contributed by atoms with Crippen LogP contribution in [0.25, 0.3) is 0 Å². The molecule has 0 aromatic heterocycles. The minimum atomic E-state index is -0.594. The zero-order valence-corrected chi connectivity index (χ0v) is 18.1. The highest BCUT2D eigenvalue weighted by atomic mass is 16.5. The van der Waals surface area contributed by atoms with E-state index in [1.165, 1.54) is 6.42 Å². The first kappa shape index (κ1) is 20.5. The quantitative estimate of drug-likeness (QED) is 0.793. The minimum absolute atomic E-state index is 0.0797. The summed E-state index contributed by atoms with van der Waals surface area (Å²) in [6.45, 7) is 6.89. The Morgan fingerprint density at radius 1 is 1.17 bits per heavy atom. The lowest BCUT2D eigenvalue weighted by atomic mass is 9.87. The summed E-state index contributed by atoms with van der Waals surface area (Å²) in [4.78, 5) is 25.9. The van der Waals surface area contributed by atoms with Gasteiger partial charge in [-0.15, -0.1) is 0 Å². The number of nitrogens with two attached hydrogens (primary N) is 2. The van der Waals surface area contributed by atoms with Crippen molar-refractivity contribution in [3.63, 3.8) is 0 Å². The first-order chi connectivity index (χ1) is 14.3. The molecule has 2 aliphatic heterocycles. The van der Waals surface area contributed by atoms with Crippen LogP contribution in [0.15, 0.2) is 28.2 Å². The summed E-state index contributed by atoms with van der Waals surface area (Å²) in [5.74, 6) is 1.34. The second-order valence-electron chi connectivity index (χ2n) is 9.10. The number of benzene rings is 1. The third-order valence-electron chi connectivity index (χ3n) is 6.20. The molecule has 1 aliphatic carbocycles. The Balaban J connectivity index is 1.78. The van der Waals surface area contributed by atoms with E-state index in [2.05, 4.69) is 11.9 Å². The lowest BCUT2D eigenvalue weighted by Crippen LogP contribution is -2.58. The zero-order chi connectivity index (χ0) is 21.5.